The molecule has 0 saturated heterocycles. The molecule has 1 atom stereocenters. The van der Waals surface area contributed by atoms with Crippen molar-refractivity contribution in [2.24, 2.45) is 5.92 Å². The van der Waals surface area contributed by atoms with Gasteiger partial charge in [0.1, 0.15) is 5.60 Å². The average molecular weight is 340 g/mol. The molecule has 0 fully saturated rings. The van der Waals surface area contributed by atoms with Gasteiger partial charge in [-0.15, -0.1) is 0 Å². The van der Waals surface area contributed by atoms with Crippen molar-refractivity contribution in [1.82, 2.24) is 10.6 Å². The Kier molecular flexibility index (Phi) is 7.28. The minimum Gasteiger partial charge on any atom is -0.463 e. The lowest BCUT2D eigenvalue weighted by atomic mass is 10.0. The quantitative estimate of drug-likeness (QED) is 0.742. The average Bonchev–Trinajstić information content (AvgIpc) is 2.91. The molecule has 0 aliphatic carbocycles. The summed E-state index contributed by atoms with van der Waals surface area (Å²) in [6, 6.07) is 1.61. The summed E-state index contributed by atoms with van der Waals surface area (Å²) in [6.07, 6.45) is 1.00. The molecule has 1 rings (SSSR count). The molecule has 2 N–H and O–H groups in total. The van der Waals surface area contributed by atoms with Crippen LogP contribution >= 0.6 is 0 Å². The zero-order valence-electron chi connectivity index (χ0n) is 15.3. The summed E-state index contributed by atoms with van der Waals surface area (Å²) < 4.78 is 15.1. The Bertz CT molecular complexity index is 545. The molecule has 0 aliphatic heterocycles. The second kappa shape index (κ2) is 8.73. The molecule has 1 aromatic rings. The first kappa shape index (κ1) is 20.0. The van der Waals surface area contributed by atoms with Gasteiger partial charge in [-0.2, -0.15) is 0 Å². The van der Waals surface area contributed by atoms with Gasteiger partial charge in [0.25, 0.3) is 0 Å². The number of ether oxygens (including phenoxy) is 2. The maximum atomic E-state index is 11.9. The highest BCUT2D eigenvalue weighted by Gasteiger charge is 2.22. The van der Waals surface area contributed by atoms with E-state index in [-0.39, 0.29) is 17.7 Å². The molecule has 0 aromatic carbocycles. The van der Waals surface area contributed by atoms with E-state index in [9.17, 15) is 9.59 Å². The van der Waals surface area contributed by atoms with Gasteiger partial charge >= 0.3 is 12.1 Å². The van der Waals surface area contributed by atoms with E-state index in [0.717, 1.165) is 0 Å². The zero-order valence-corrected chi connectivity index (χ0v) is 15.3. The lowest BCUT2D eigenvalue weighted by Gasteiger charge is -2.26. The predicted octanol–water partition coefficient (Wildman–Crippen LogP) is 2.71. The molecule has 1 unspecified atom stereocenters. The lowest BCUT2D eigenvalue weighted by molar-refractivity contribution is 0.0489. The van der Waals surface area contributed by atoms with Gasteiger partial charge in [0.15, 0.2) is 0 Å². The van der Waals surface area contributed by atoms with E-state index in [1.54, 1.807) is 6.07 Å². The summed E-state index contributed by atoms with van der Waals surface area (Å²) in [4.78, 5) is 23.5. The molecule has 1 amide bonds. The molecular formula is C17H28N2O5. The van der Waals surface area contributed by atoms with E-state index < -0.39 is 17.7 Å². The van der Waals surface area contributed by atoms with Gasteiger partial charge in [-0.05, 0) is 32.8 Å². The smallest absolute Gasteiger partial charge is 0.407 e. The van der Waals surface area contributed by atoms with E-state index in [1.807, 2.05) is 34.6 Å². The minimum atomic E-state index is -0.536. The molecule has 7 heteroatoms. The number of amides is 1. The van der Waals surface area contributed by atoms with Crippen molar-refractivity contribution in [3.8, 4) is 0 Å². The predicted molar refractivity (Wildman–Crippen MR) is 89.7 cm³/mol. The van der Waals surface area contributed by atoms with Crippen molar-refractivity contribution < 1.29 is 23.5 Å². The third-order valence-electron chi connectivity index (χ3n) is 3.30. The normalized spacial score (nSPS) is 12.8. The van der Waals surface area contributed by atoms with Crippen LogP contribution in [0.4, 0.5) is 4.79 Å². The highest BCUT2D eigenvalue weighted by atomic mass is 16.6. The highest BCUT2D eigenvalue weighted by Crippen LogP contribution is 2.12. The topological polar surface area (TPSA) is 89.8 Å². The number of hydrogen-bond acceptors (Lipinski definition) is 6. The van der Waals surface area contributed by atoms with Crippen LogP contribution in [0.15, 0.2) is 16.7 Å². The first-order valence-corrected chi connectivity index (χ1v) is 7.99. The van der Waals surface area contributed by atoms with Gasteiger partial charge < -0.3 is 24.5 Å². The standard InChI is InChI=1S/C17H28N2O5/c1-11(2)13(19-16(21)24-17(3,4)5)10-18-9-12-7-8-23-14(12)15(20)22-6/h7-8,11,13,18H,9-10H2,1-6H3,(H,19,21). The number of furan rings is 1. The fourth-order valence-corrected chi connectivity index (χ4v) is 2.02. The van der Waals surface area contributed by atoms with Crippen LogP contribution in [-0.4, -0.2) is 37.4 Å². The second-order valence-electron chi connectivity index (χ2n) is 6.89. The summed E-state index contributed by atoms with van der Waals surface area (Å²) in [6.45, 7) is 10.5. The van der Waals surface area contributed by atoms with Crippen molar-refractivity contribution >= 4 is 12.1 Å². The van der Waals surface area contributed by atoms with Crippen LogP contribution in [0.3, 0.4) is 0 Å². The van der Waals surface area contributed by atoms with Crippen LogP contribution < -0.4 is 10.6 Å². The maximum Gasteiger partial charge on any atom is 0.407 e. The first-order chi connectivity index (χ1) is 11.1. The Hall–Kier alpha value is -2.02. The third kappa shape index (κ3) is 6.62. The SMILES string of the molecule is COC(=O)c1occc1CNCC(NC(=O)OC(C)(C)C)C(C)C. The molecule has 0 aliphatic rings. The Balaban J connectivity index is 2.54. The summed E-state index contributed by atoms with van der Waals surface area (Å²) in [7, 11) is 1.31. The van der Waals surface area contributed by atoms with Gasteiger partial charge in [-0.25, -0.2) is 9.59 Å². The number of alkyl carbamates (subject to hydrolysis) is 1. The highest BCUT2D eigenvalue weighted by molar-refractivity contribution is 5.87. The molecule has 24 heavy (non-hydrogen) atoms. The van der Waals surface area contributed by atoms with Crippen molar-refractivity contribution in [1.29, 1.82) is 0 Å². The molecule has 1 heterocycles. The summed E-state index contributed by atoms with van der Waals surface area (Å²) in [5, 5.41) is 6.08. The minimum absolute atomic E-state index is 0.103. The number of rotatable bonds is 7. The van der Waals surface area contributed by atoms with E-state index in [2.05, 4.69) is 15.4 Å². The fourth-order valence-electron chi connectivity index (χ4n) is 2.02. The van der Waals surface area contributed by atoms with E-state index in [1.165, 1.54) is 13.4 Å². The Morgan fingerprint density at radius 2 is 1.96 bits per heavy atom. The number of esters is 1. The van der Waals surface area contributed by atoms with Crippen LogP contribution in [0.5, 0.6) is 0 Å². The van der Waals surface area contributed by atoms with Crippen molar-refractivity contribution in [2.45, 2.75) is 52.8 Å². The number of hydrogen-bond donors (Lipinski definition) is 2. The molecule has 0 radical (unpaired) electrons. The van der Waals surface area contributed by atoms with Crippen LogP contribution in [0.25, 0.3) is 0 Å². The molecule has 0 saturated carbocycles. The van der Waals surface area contributed by atoms with Gasteiger partial charge in [-0.3, -0.25) is 0 Å². The van der Waals surface area contributed by atoms with Gasteiger partial charge in [0.05, 0.1) is 13.4 Å². The van der Waals surface area contributed by atoms with Crippen LogP contribution in [-0.2, 0) is 16.0 Å². The summed E-state index contributed by atoms with van der Waals surface area (Å²) in [5.74, 6) is -0.107. The molecular weight excluding hydrogens is 312 g/mol. The molecule has 7 nitrogen and oxygen atoms in total. The summed E-state index contributed by atoms with van der Waals surface area (Å²) >= 11 is 0. The molecule has 0 bridgehead atoms. The van der Waals surface area contributed by atoms with Gasteiger partial charge in [-0.1, -0.05) is 13.8 Å². The first-order valence-electron chi connectivity index (χ1n) is 7.99. The van der Waals surface area contributed by atoms with Crippen molar-refractivity contribution in [2.75, 3.05) is 13.7 Å². The Labute approximate surface area is 143 Å². The maximum absolute atomic E-state index is 11.9. The number of nitrogens with one attached hydrogen (secondary N) is 2. The van der Waals surface area contributed by atoms with Gasteiger partial charge in [0.2, 0.25) is 5.76 Å². The van der Waals surface area contributed by atoms with E-state index >= 15 is 0 Å². The Morgan fingerprint density at radius 1 is 1.29 bits per heavy atom. The number of methoxy groups -OCH3 is 1. The van der Waals surface area contributed by atoms with Gasteiger partial charge in [0, 0.05) is 24.7 Å². The molecule has 0 spiro atoms. The Morgan fingerprint density at radius 3 is 2.50 bits per heavy atom. The van der Waals surface area contributed by atoms with Crippen molar-refractivity contribution in [3.05, 3.63) is 23.7 Å². The second-order valence-corrected chi connectivity index (χ2v) is 6.89. The number of carbonyl (C=O) groups is 2. The molecule has 1 aromatic heterocycles. The monoisotopic (exact) mass is 340 g/mol. The zero-order chi connectivity index (χ0) is 18.3. The van der Waals surface area contributed by atoms with E-state index in [4.69, 9.17) is 9.15 Å². The van der Waals surface area contributed by atoms with Crippen LogP contribution in [0.2, 0.25) is 0 Å². The van der Waals surface area contributed by atoms with Crippen molar-refractivity contribution in [3.63, 3.8) is 0 Å². The third-order valence-corrected chi connectivity index (χ3v) is 3.30. The van der Waals surface area contributed by atoms with Crippen LogP contribution in [0, 0.1) is 5.92 Å². The largest absolute Gasteiger partial charge is 0.463 e. The molecule has 136 valence electrons. The lowest BCUT2D eigenvalue weighted by Crippen LogP contribution is -2.47. The summed E-state index contributed by atoms with van der Waals surface area (Å²) in [5.41, 5.74) is 0.173. The van der Waals surface area contributed by atoms with E-state index in [0.29, 0.717) is 18.7 Å². The fraction of sp³-hybridized carbons (Fsp3) is 0.647. The number of carbonyl (C=O) groups excluding carboxylic acids is 2. The van der Waals surface area contributed by atoms with Crippen LogP contribution in [0.1, 0.15) is 50.7 Å².